The Morgan fingerprint density at radius 2 is 1.89 bits per heavy atom. The lowest BCUT2D eigenvalue weighted by atomic mass is 9.99. The Morgan fingerprint density at radius 3 is 2.47 bits per heavy atom. The molecule has 2 atom stereocenters. The summed E-state index contributed by atoms with van der Waals surface area (Å²) < 4.78 is 5.68. The van der Waals surface area contributed by atoms with Crippen molar-refractivity contribution < 1.29 is 4.74 Å². The van der Waals surface area contributed by atoms with Crippen molar-refractivity contribution in [2.75, 3.05) is 39.4 Å². The Bertz CT molecular complexity index is 219. The molecule has 19 heavy (non-hydrogen) atoms. The topological polar surface area (TPSA) is 24.5 Å². The predicted octanol–water partition coefficient (Wildman–Crippen LogP) is 2.76. The van der Waals surface area contributed by atoms with Gasteiger partial charge < -0.3 is 15.0 Å². The minimum atomic E-state index is 0.565. The minimum absolute atomic E-state index is 0.565. The molecule has 0 aliphatic carbocycles. The van der Waals surface area contributed by atoms with Gasteiger partial charge in [-0.25, -0.2) is 0 Å². The lowest BCUT2D eigenvalue weighted by Crippen LogP contribution is -2.43. The molecule has 1 aliphatic heterocycles. The van der Waals surface area contributed by atoms with E-state index in [1.807, 2.05) is 0 Å². The lowest BCUT2D eigenvalue weighted by molar-refractivity contribution is 0.159. The van der Waals surface area contributed by atoms with E-state index in [1.165, 1.54) is 32.4 Å². The molecule has 2 unspecified atom stereocenters. The van der Waals surface area contributed by atoms with Crippen LogP contribution in [-0.4, -0.2) is 50.3 Å². The fourth-order valence-electron chi connectivity index (χ4n) is 2.91. The molecule has 0 aromatic rings. The highest BCUT2D eigenvalue weighted by Crippen LogP contribution is 2.17. The molecule has 1 aliphatic rings. The van der Waals surface area contributed by atoms with Crippen LogP contribution in [0, 0.1) is 11.8 Å². The lowest BCUT2D eigenvalue weighted by Gasteiger charge is -2.29. The normalized spacial score (nSPS) is 23.7. The third kappa shape index (κ3) is 5.80. The second kappa shape index (κ2) is 9.73. The van der Waals surface area contributed by atoms with E-state index in [-0.39, 0.29) is 0 Å². The Kier molecular flexibility index (Phi) is 8.67. The number of hydrogen-bond donors (Lipinski definition) is 1. The zero-order valence-corrected chi connectivity index (χ0v) is 13.5. The molecule has 0 aromatic heterocycles. The van der Waals surface area contributed by atoms with Crippen molar-refractivity contribution in [3.63, 3.8) is 0 Å². The van der Waals surface area contributed by atoms with Gasteiger partial charge in [0.25, 0.3) is 0 Å². The first kappa shape index (κ1) is 16.9. The average Bonchev–Trinajstić information content (AvgIpc) is 2.88. The maximum atomic E-state index is 5.68. The van der Waals surface area contributed by atoms with Crippen LogP contribution in [0.5, 0.6) is 0 Å². The summed E-state index contributed by atoms with van der Waals surface area (Å²) in [5, 5.41) is 3.64. The number of nitrogens with zero attached hydrogens (tertiary/aromatic N) is 1. The van der Waals surface area contributed by atoms with E-state index in [2.05, 4.69) is 37.9 Å². The van der Waals surface area contributed by atoms with Crippen LogP contribution in [0.4, 0.5) is 0 Å². The molecule has 1 heterocycles. The third-order valence-corrected chi connectivity index (χ3v) is 4.47. The molecule has 3 heteroatoms. The minimum Gasteiger partial charge on any atom is -0.379 e. The van der Waals surface area contributed by atoms with Crippen LogP contribution < -0.4 is 5.32 Å². The van der Waals surface area contributed by atoms with Gasteiger partial charge in [0.15, 0.2) is 0 Å². The van der Waals surface area contributed by atoms with Gasteiger partial charge in [0.1, 0.15) is 0 Å². The van der Waals surface area contributed by atoms with E-state index in [9.17, 15) is 0 Å². The van der Waals surface area contributed by atoms with Crippen molar-refractivity contribution in [2.45, 2.75) is 53.0 Å². The molecule has 0 bridgehead atoms. The van der Waals surface area contributed by atoms with Crippen molar-refractivity contribution in [2.24, 2.45) is 11.8 Å². The van der Waals surface area contributed by atoms with Gasteiger partial charge in [-0.3, -0.25) is 0 Å². The molecule has 0 amide bonds. The summed E-state index contributed by atoms with van der Waals surface area (Å²) in [4.78, 5) is 2.62. The summed E-state index contributed by atoms with van der Waals surface area (Å²) in [6.07, 6.45) is 3.80. The summed E-state index contributed by atoms with van der Waals surface area (Å²) in [5.74, 6) is 1.52. The number of ether oxygens (including phenoxy) is 1. The van der Waals surface area contributed by atoms with E-state index in [0.29, 0.717) is 12.0 Å². The summed E-state index contributed by atoms with van der Waals surface area (Å²) in [6.45, 7) is 15.7. The Hall–Kier alpha value is -0.120. The highest BCUT2D eigenvalue weighted by Gasteiger charge is 2.29. The zero-order valence-electron chi connectivity index (χ0n) is 13.5. The molecule has 1 fully saturated rings. The van der Waals surface area contributed by atoms with Gasteiger partial charge in [0.2, 0.25) is 0 Å². The molecule has 114 valence electrons. The molecule has 1 rings (SSSR count). The maximum absolute atomic E-state index is 5.68. The predicted molar refractivity (Wildman–Crippen MR) is 82.6 cm³/mol. The van der Waals surface area contributed by atoms with Gasteiger partial charge in [-0.1, -0.05) is 40.5 Å². The number of hydrogen-bond acceptors (Lipinski definition) is 3. The SMILES string of the molecule is CCCNC1COCC1CN(CC)CC(CC)CC. The van der Waals surface area contributed by atoms with Crippen molar-refractivity contribution in [3.05, 3.63) is 0 Å². The molecule has 1 N–H and O–H groups in total. The van der Waals surface area contributed by atoms with E-state index in [1.54, 1.807) is 0 Å². The van der Waals surface area contributed by atoms with Gasteiger partial charge in [0, 0.05) is 25.0 Å². The molecule has 0 saturated carbocycles. The largest absolute Gasteiger partial charge is 0.379 e. The van der Waals surface area contributed by atoms with Gasteiger partial charge in [-0.05, 0) is 25.4 Å². The molecule has 0 aromatic carbocycles. The fourth-order valence-corrected chi connectivity index (χ4v) is 2.91. The second-order valence-corrected chi connectivity index (χ2v) is 5.89. The maximum Gasteiger partial charge on any atom is 0.0623 e. The highest BCUT2D eigenvalue weighted by molar-refractivity contribution is 4.83. The van der Waals surface area contributed by atoms with Crippen LogP contribution >= 0.6 is 0 Å². The van der Waals surface area contributed by atoms with E-state index in [0.717, 1.165) is 32.2 Å². The number of nitrogens with one attached hydrogen (secondary N) is 1. The second-order valence-electron chi connectivity index (χ2n) is 5.89. The van der Waals surface area contributed by atoms with E-state index < -0.39 is 0 Å². The third-order valence-electron chi connectivity index (χ3n) is 4.47. The zero-order chi connectivity index (χ0) is 14.1. The number of rotatable bonds is 10. The molecular weight excluding hydrogens is 236 g/mol. The van der Waals surface area contributed by atoms with Crippen LogP contribution in [0.3, 0.4) is 0 Å². The molecule has 0 radical (unpaired) electrons. The smallest absolute Gasteiger partial charge is 0.0623 e. The Balaban J connectivity index is 2.40. The van der Waals surface area contributed by atoms with Crippen LogP contribution in [0.15, 0.2) is 0 Å². The first-order valence-electron chi connectivity index (χ1n) is 8.28. The van der Waals surface area contributed by atoms with Crippen LogP contribution in [0.25, 0.3) is 0 Å². The Labute approximate surface area is 120 Å². The van der Waals surface area contributed by atoms with Gasteiger partial charge >= 0.3 is 0 Å². The van der Waals surface area contributed by atoms with Crippen molar-refractivity contribution in [3.8, 4) is 0 Å². The summed E-state index contributed by atoms with van der Waals surface area (Å²) >= 11 is 0. The average molecular weight is 270 g/mol. The van der Waals surface area contributed by atoms with Gasteiger partial charge in [-0.15, -0.1) is 0 Å². The molecule has 1 saturated heterocycles. The van der Waals surface area contributed by atoms with Crippen LogP contribution in [0.2, 0.25) is 0 Å². The summed E-state index contributed by atoms with van der Waals surface area (Å²) in [7, 11) is 0. The van der Waals surface area contributed by atoms with Crippen LogP contribution in [-0.2, 0) is 4.74 Å². The summed E-state index contributed by atoms with van der Waals surface area (Å²) in [5.41, 5.74) is 0. The quantitative estimate of drug-likeness (QED) is 0.660. The Morgan fingerprint density at radius 1 is 1.16 bits per heavy atom. The monoisotopic (exact) mass is 270 g/mol. The molecule has 0 spiro atoms. The molecular formula is C16H34N2O. The van der Waals surface area contributed by atoms with Crippen molar-refractivity contribution in [1.82, 2.24) is 10.2 Å². The highest BCUT2D eigenvalue weighted by atomic mass is 16.5. The van der Waals surface area contributed by atoms with E-state index in [4.69, 9.17) is 4.74 Å². The van der Waals surface area contributed by atoms with Gasteiger partial charge in [0.05, 0.1) is 13.2 Å². The summed E-state index contributed by atoms with van der Waals surface area (Å²) in [6, 6.07) is 0.565. The fraction of sp³-hybridized carbons (Fsp3) is 1.00. The standard InChI is InChI=1S/C16H34N2O/c1-5-9-17-16-13-19-12-15(16)11-18(8-4)10-14(6-2)7-3/h14-17H,5-13H2,1-4H3. The van der Waals surface area contributed by atoms with Crippen molar-refractivity contribution >= 4 is 0 Å². The van der Waals surface area contributed by atoms with Gasteiger partial charge in [-0.2, -0.15) is 0 Å². The molecule has 3 nitrogen and oxygen atoms in total. The van der Waals surface area contributed by atoms with E-state index >= 15 is 0 Å². The van der Waals surface area contributed by atoms with Crippen molar-refractivity contribution in [1.29, 1.82) is 0 Å². The first-order chi connectivity index (χ1) is 9.24. The first-order valence-corrected chi connectivity index (χ1v) is 8.28. The van der Waals surface area contributed by atoms with Crippen LogP contribution in [0.1, 0.15) is 47.0 Å².